The normalized spacial score (nSPS) is 10.7. The summed E-state index contributed by atoms with van der Waals surface area (Å²) in [5.74, 6) is -0.127. The summed E-state index contributed by atoms with van der Waals surface area (Å²) in [6, 6.07) is 13.8. The number of hydrogen-bond donors (Lipinski definition) is 1. The van der Waals surface area contributed by atoms with Crippen LogP contribution in [0.25, 0.3) is 10.8 Å². The molecule has 0 aliphatic heterocycles. The van der Waals surface area contributed by atoms with Gasteiger partial charge >= 0.3 is 0 Å². The molecule has 4 heteroatoms. The fourth-order valence-corrected chi connectivity index (χ4v) is 2.73. The lowest BCUT2D eigenvalue weighted by atomic mass is 10.1. The zero-order valence-electron chi connectivity index (χ0n) is 12.8. The van der Waals surface area contributed by atoms with Gasteiger partial charge in [0.25, 0.3) is 5.91 Å². The Bertz CT molecular complexity index is 844. The van der Waals surface area contributed by atoms with E-state index in [-0.39, 0.29) is 5.91 Å². The van der Waals surface area contributed by atoms with E-state index in [0.717, 1.165) is 17.2 Å². The van der Waals surface area contributed by atoms with Gasteiger partial charge in [-0.05, 0) is 30.4 Å². The van der Waals surface area contributed by atoms with Crippen molar-refractivity contribution in [1.82, 2.24) is 10.3 Å². The Morgan fingerprint density at radius 1 is 1.09 bits per heavy atom. The third kappa shape index (κ3) is 3.51. The molecule has 3 rings (SSSR count). The molecule has 0 saturated carbocycles. The molecular formula is C19H17ClN2O. The maximum absolute atomic E-state index is 12.4. The van der Waals surface area contributed by atoms with Crippen molar-refractivity contribution in [3.63, 3.8) is 0 Å². The Morgan fingerprint density at radius 2 is 1.87 bits per heavy atom. The Kier molecular flexibility index (Phi) is 4.58. The van der Waals surface area contributed by atoms with Gasteiger partial charge in [0.2, 0.25) is 0 Å². The number of aromatic nitrogens is 1. The topological polar surface area (TPSA) is 42.0 Å². The Hall–Kier alpha value is -2.39. The van der Waals surface area contributed by atoms with Crippen LogP contribution in [0.15, 0.2) is 54.9 Å². The van der Waals surface area contributed by atoms with Crippen LogP contribution in [0.3, 0.4) is 0 Å². The molecule has 0 fully saturated rings. The van der Waals surface area contributed by atoms with Gasteiger partial charge in [-0.1, -0.05) is 53.6 Å². The molecule has 0 radical (unpaired) electrons. The highest BCUT2D eigenvalue weighted by Crippen LogP contribution is 2.24. The highest BCUT2D eigenvalue weighted by Gasteiger charge is 2.11. The van der Waals surface area contributed by atoms with Crippen molar-refractivity contribution >= 4 is 28.3 Å². The van der Waals surface area contributed by atoms with Gasteiger partial charge in [-0.15, -0.1) is 0 Å². The van der Waals surface area contributed by atoms with Crippen molar-refractivity contribution in [2.75, 3.05) is 6.54 Å². The number of amides is 1. The van der Waals surface area contributed by atoms with E-state index < -0.39 is 0 Å². The Labute approximate surface area is 140 Å². The number of pyridine rings is 1. The number of nitrogens with zero attached hydrogens (tertiary/aromatic N) is 1. The first-order valence-corrected chi connectivity index (χ1v) is 7.89. The van der Waals surface area contributed by atoms with Crippen molar-refractivity contribution in [1.29, 1.82) is 0 Å². The van der Waals surface area contributed by atoms with Gasteiger partial charge in [0.05, 0.1) is 5.56 Å². The predicted octanol–water partition coefficient (Wildman–Crippen LogP) is 4.17. The summed E-state index contributed by atoms with van der Waals surface area (Å²) >= 11 is 6.16. The van der Waals surface area contributed by atoms with Crippen molar-refractivity contribution in [2.24, 2.45) is 0 Å². The minimum atomic E-state index is -0.127. The first-order valence-electron chi connectivity index (χ1n) is 7.51. The Balaban J connectivity index is 1.71. The maximum atomic E-state index is 12.4. The minimum Gasteiger partial charge on any atom is -0.352 e. The van der Waals surface area contributed by atoms with Gasteiger partial charge < -0.3 is 5.32 Å². The van der Waals surface area contributed by atoms with Crippen molar-refractivity contribution in [3.05, 3.63) is 76.6 Å². The molecule has 3 nitrogen and oxygen atoms in total. The summed E-state index contributed by atoms with van der Waals surface area (Å²) < 4.78 is 0. The SMILES string of the molecule is Cc1ccc(CCNC(=O)c2cncc3c(Cl)cccc23)cc1. The van der Waals surface area contributed by atoms with E-state index in [4.69, 9.17) is 11.6 Å². The summed E-state index contributed by atoms with van der Waals surface area (Å²) in [5, 5.41) is 5.16. The average molecular weight is 325 g/mol. The summed E-state index contributed by atoms with van der Waals surface area (Å²) in [5.41, 5.74) is 2.99. The van der Waals surface area contributed by atoms with E-state index >= 15 is 0 Å². The Morgan fingerprint density at radius 3 is 2.65 bits per heavy atom. The van der Waals surface area contributed by atoms with Crippen LogP contribution < -0.4 is 5.32 Å². The van der Waals surface area contributed by atoms with Gasteiger partial charge in [0.15, 0.2) is 0 Å². The summed E-state index contributed by atoms with van der Waals surface area (Å²) in [6.45, 7) is 2.64. The number of benzene rings is 2. The molecule has 0 atom stereocenters. The molecule has 3 aromatic rings. The lowest BCUT2D eigenvalue weighted by Crippen LogP contribution is -2.26. The van der Waals surface area contributed by atoms with E-state index in [2.05, 4.69) is 41.5 Å². The van der Waals surface area contributed by atoms with E-state index in [1.807, 2.05) is 12.1 Å². The van der Waals surface area contributed by atoms with Gasteiger partial charge in [-0.3, -0.25) is 9.78 Å². The maximum Gasteiger partial charge on any atom is 0.253 e. The van der Waals surface area contributed by atoms with Crippen molar-refractivity contribution < 1.29 is 4.79 Å². The van der Waals surface area contributed by atoms with E-state index in [1.54, 1.807) is 18.5 Å². The van der Waals surface area contributed by atoms with Crippen LogP contribution in [0.5, 0.6) is 0 Å². The summed E-state index contributed by atoms with van der Waals surface area (Å²) in [4.78, 5) is 16.5. The average Bonchev–Trinajstić information content (AvgIpc) is 2.56. The molecule has 0 spiro atoms. The lowest BCUT2D eigenvalue weighted by Gasteiger charge is -2.08. The summed E-state index contributed by atoms with van der Waals surface area (Å²) in [7, 11) is 0. The molecule has 1 amide bonds. The molecule has 23 heavy (non-hydrogen) atoms. The van der Waals surface area contributed by atoms with Crippen LogP contribution in [0.4, 0.5) is 0 Å². The first-order chi connectivity index (χ1) is 11.1. The van der Waals surface area contributed by atoms with Crippen LogP contribution in [-0.4, -0.2) is 17.4 Å². The summed E-state index contributed by atoms with van der Waals surface area (Å²) in [6.07, 6.45) is 4.06. The van der Waals surface area contributed by atoms with Crippen molar-refractivity contribution in [3.8, 4) is 0 Å². The molecule has 0 bridgehead atoms. The van der Waals surface area contributed by atoms with Gasteiger partial charge in [-0.25, -0.2) is 0 Å². The molecule has 0 aliphatic carbocycles. The third-order valence-corrected chi connectivity index (χ3v) is 4.14. The molecule has 1 aromatic heterocycles. The largest absolute Gasteiger partial charge is 0.352 e. The number of halogens is 1. The number of rotatable bonds is 4. The highest BCUT2D eigenvalue weighted by atomic mass is 35.5. The quantitative estimate of drug-likeness (QED) is 0.782. The third-order valence-electron chi connectivity index (χ3n) is 3.81. The van der Waals surface area contributed by atoms with Crippen LogP contribution in [-0.2, 0) is 6.42 Å². The molecular weight excluding hydrogens is 308 g/mol. The fraction of sp³-hybridized carbons (Fsp3) is 0.158. The molecule has 1 heterocycles. The first kappa shape index (κ1) is 15.5. The van der Waals surface area contributed by atoms with Crippen LogP contribution in [0, 0.1) is 6.92 Å². The van der Waals surface area contributed by atoms with E-state index in [1.165, 1.54) is 11.1 Å². The molecule has 0 unspecified atom stereocenters. The van der Waals surface area contributed by atoms with Crippen molar-refractivity contribution in [2.45, 2.75) is 13.3 Å². The number of aryl methyl sites for hydroxylation is 1. The van der Waals surface area contributed by atoms with Gasteiger partial charge in [-0.2, -0.15) is 0 Å². The zero-order valence-corrected chi connectivity index (χ0v) is 13.6. The molecule has 116 valence electrons. The second kappa shape index (κ2) is 6.80. The molecule has 0 saturated heterocycles. The van der Waals surface area contributed by atoms with Gasteiger partial charge in [0.1, 0.15) is 0 Å². The lowest BCUT2D eigenvalue weighted by molar-refractivity contribution is 0.0955. The smallest absolute Gasteiger partial charge is 0.253 e. The van der Waals surface area contributed by atoms with E-state index in [0.29, 0.717) is 17.1 Å². The molecule has 2 aromatic carbocycles. The molecule has 1 N–H and O–H groups in total. The number of nitrogens with one attached hydrogen (secondary N) is 1. The van der Waals surface area contributed by atoms with Gasteiger partial charge in [0, 0.05) is 29.3 Å². The second-order valence-electron chi connectivity index (χ2n) is 5.51. The predicted molar refractivity (Wildman–Crippen MR) is 94.0 cm³/mol. The monoisotopic (exact) mass is 324 g/mol. The second-order valence-corrected chi connectivity index (χ2v) is 5.92. The van der Waals surface area contributed by atoms with Crippen LogP contribution >= 0.6 is 11.6 Å². The van der Waals surface area contributed by atoms with E-state index in [9.17, 15) is 4.79 Å². The number of hydrogen-bond acceptors (Lipinski definition) is 2. The highest BCUT2D eigenvalue weighted by molar-refractivity contribution is 6.35. The van der Waals surface area contributed by atoms with Crippen LogP contribution in [0.1, 0.15) is 21.5 Å². The number of carbonyl (C=O) groups is 1. The number of carbonyl (C=O) groups excluding carboxylic acids is 1. The number of fused-ring (bicyclic) bond motifs is 1. The fourth-order valence-electron chi connectivity index (χ4n) is 2.51. The minimum absolute atomic E-state index is 0.127. The zero-order chi connectivity index (χ0) is 16.2. The standard InChI is InChI=1S/C19H17ClN2O/c1-13-5-7-14(8-6-13)9-10-22-19(23)17-12-21-11-16-15(17)3-2-4-18(16)20/h2-8,11-12H,9-10H2,1H3,(H,22,23). The van der Waals surface area contributed by atoms with Crippen LogP contribution in [0.2, 0.25) is 5.02 Å². The molecule has 0 aliphatic rings.